The molecule has 0 N–H and O–H groups in total. The number of benzene rings is 3. The largest absolute Gasteiger partial charge is 0.296 e. The van der Waals surface area contributed by atoms with E-state index >= 15 is 0 Å². The highest BCUT2D eigenvalue weighted by molar-refractivity contribution is 7.78. The molecule has 0 saturated heterocycles. The van der Waals surface area contributed by atoms with Gasteiger partial charge in [0.1, 0.15) is 5.82 Å². The van der Waals surface area contributed by atoms with Crippen molar-refractivity contribution in [2.45, 2.75) is 0 Å². The summed E-state index contributed by atoms with van der Waals surface area (Å²) >= 11 is 0. The molecule has 4 rings (SSSR count). The molecule has 24 heavy (non-hydrogen) atoms. The number of aromatic nitrogens is 2. The van der Waals surface area contributed by atoms with Gasteiger partial charge in [0.05, 0.1) is 19.1 Å². The van der Waals surface area contributed by atoms with Gasteiger partial charge in [0.25, 0.3) is 0 Å². The molecule has 0 aliphatic heterocycles. The second-order valence-corrected chi connectivity index (χ2v) is 7.20. The Labute approximate surface area is 141 Å². The maximum atomic E-state index is 12.0. The summed E-state index contributed by atoms with van der Waals surface area (Å²) < 4.78 is 2.09. The topological polar surface area (TPSA) is 34.9 Å². The summed E-state index contributed by atoms with van der Waals surface area (Å²) in [5.41, 5.74) is 2.90. The molecule has 3 aromatic carbocycles. The van der Waals surface area contributed by atoms with E-state index in [1.54, 1.807) is 0 Å². The summed E-state index contributed by atoms with van der Waals surface area (Å²) in [4.78, 5) is 16.8. The molecule has 0 fully saturated rings. The van der Waals surface area contributed by atoms with Gasteiger partial charge < -0.3 is 0 Å². The van der Waals surface area contributed by atoms with Crippen LogP contribution in [-0.2, 0) is 4.79 Å². The lowest BCUT2D eigenvalue weighted by Crippen LogP contribution is -2.08. The molecule has 1 aromatic heterocycles. The molecular formula is C20H15N2OP. The van der Waals surface area contributed by atoms with Crippen molar-refractivity contribution in [1.29, 1.82) is 0 Å². The monoisotopic (exact) mass is 330 g/mol. The van der Waals surface area contributed by atoms with Gasteiger partial charge in [0, 0.05) is 10.9 Å². The molecule has 0 bridgehead atoms. The van der Waals surface area contributed by atoms with E-state index in [-0.39, 0.29) is 0 Å². The van der Waals surface area contributed by atoms with Crippen molar-refractivity contribution in [1.82, 2.24) is 9.32 Å². The highest BCUT2D eigenvalue weighted by atomic mass is 31.1. The molecule has 1 heterocycles. The molecule has 1 unspecified atom stereocenters. The third-order valence-corrected chi connectivity index (χ3v) is 5.77. The lowest BCUT2D eigenvalue weighted by Gasteiger charge is -2.16. The number of imidazole rings is 1. The summed E-state index contributed by atoms with van der Waals surface area (Å²) in [5, 5.41) is 1.02. The van der Waals surface area contributed by atoms with Gasteiger partial charge in [-0.1, -0.05) is 72.8 Å². The molecule has 0 aliphatic rings. The van der Waals surface area contributed by atoms with Crippen LogP contribution >= 0.6 is 8.07 Å². The zero-order chi connectivity index (χ0) is 16.4. The summed E-state index contributed by atoms with van der Waals surface area (Å²) in [7, 11) is -1.18. The van der Waals surface area contributed by atoms with Gasteiger partial charge in [-0.3, -0.25) is 9.13 Å². The molecule has 4 aromatic rings. The fourth-order valence-corrected chi connectivity index (χ4v) is 4.50. The molecule has 1 atom stereocenters. The third-order valence-electron chi connectivity index (χ3n) is 3.90. The molecule has 0 saturated carbocycles. The molecule has 0 amide bonds. The normalized spacial score (nSPS) is 12.2. The van der Waals surface area contributed by atoms with Crippen molar-refractivity contribution >= 4 is 30.4 Å². The average molecular weight is 330 g/mol. The first kappa shape index (κ1) is 14.8. The van der Waals surface area contributed by atoms with Crippen molar-refractivity contribution in [3.8, 4) is 11.4 Å². The van der Waals surface area contributed by atoms with Gasteiger partial charge in [-0.2, -0.15) is 0 Å². The number of carbonyl (C=O) groups excluding carboxylic acids is 1. The van der Waals surface area contributed by atoms with Gasteiger partial charge in [-0.25, -0.2) is 4.98 Å². The number of fused-ring (bicyclic) bond motifs is 1. The van der Waals surface area contributed by atoms with Crippen molar-refractivity contribution < 1.29 is 4.79 Å². The zero-order valence-electron chi connectivity index (χ0n) is 12.9. The lowest BCUT2D eigenvalue weighted by atomic mass is 10.2. The highest BCUT2D eigenvalue weighted by Gasteiger charge is 2.21. The maximum Gasteiger partial charge on any atom is 0.167 e. The van der Waals surface area contributed by atoms with Crippen molar-refractivity contribution in [2.75, 3.05) is 0 Å². The van der Waals surface area contributed by atoms with Crippen molar-refractivity contribution in [3.05, 3.63) is 84.9 Å². The quantitative estimate of drug-likeness (QED) is 0.409. The van der Waals surface area contributed by atoms with E-state index in [0.29, 0.717) is 0 Å². The van der Waals surface area contributed by atoms with Crippen LogP contribution in [0.2, 0.25) is 0 Å². The van der Waals surface area contributed by atoms with E-state index < -0.39 is 8.07 Å². The first-order chi connectivity index (χ1) is 11.9. The summed E-state index contributed by atoms with van der Waals surface area (Å²) in [5.74, 6) is 0.832. The van der Waals surface area contributed by atoms with E-state index in [1.807, 2.05) is 84.9 Å². The second kappa shape index (κ2) is 6.38. The number of hydrogen-bond acceptors (Lipinski definition) is 2. The predicted molar refractivity (Wildman–Crippen MR) is 100 cm³/mol. The number of para-hydroxylation sites is 2. The number of carbonyl (C=O) groups is 1. The van der Waals surface area contributed by atoms with Gasteiger partial charge in [0.2, 0.25) is 0 Å². The maximum absolute atomic E-state index is 12.0. The number of rotatable bonds is 4. The molecule has 0 radical (unpaired) electrons. The van der Waals surface area contributed by atoms with Crippen LogP contribution in [0.25, 0.3) is 22.4 Å². The minimum Gasteiger partial charge on any atom is -0.296 e. The number of hydrogen-bond donors (Lipinski definition) is 0. The van der Waals surface area contributed by atoms with E-state index in [2.05, 4.69) is 4.34 Å². The van der Waals surface area contributed by atoms with Crippen molar-refractivity contribution in [2.24, 2.45) is 0 Å². The molecule has 0 aliphatic carbocycles. The highest BCUT2D eigenvalue weighted by Crippen LogP contribution is 2.41. The Kier molecular flexibility index (Phi) is 3.94. The number of nitrogens with zero attached hydrogens (tertiary/aromatic N) is 2. The zero-order valence-corrected chi connectivity index (χ0v) is 13.8. The first-order valence-electron chi connectivity index (χ1n) is 7.71. The standard InChI is InChI=1S/C20H15N2OP/c23-15-24(17-11-5-2-6-12-17)22-19-14-8-7-13-18(19)21-20(22)16-9-3-1-4-10-16/h1-15H. The SMILES string of the molecule is O=CP(c1ccccc1)n1c(-c2ccccc2)nc2ccccc21. The molecule has 0 spiro atoms. The molecule has 4 heteroatoms. The van der Waals surface area contributed by atoms with Crippen LogP contribution in [0.3, 0.4) is 0 Å². The van der Waals surface area contributed by atoms with E-state index in [1.165, 1.54) is 0 Å². The van der Waals surface area contributed by atoms with Crippen LogP contribution in [0.1, 0.15) is 0 Å². The molecular weight excluding hydrogens is 315 g/mol. The Morgan fingerprint density at radius 3 is 2.12 bits per heavy atom. The van der Waals surface area contributed by atoms with Crippen LogP contribution < -0.4 is 5.30 Å². The van der Waals surface area contributed by atoms with Gasteiger partial charge in [0.15, 0.2) is 6.03 Å². The van der Waals surface area contributed by atoms with Gasteiger partial charge in [-0.05, 0) is 12.1 Å². The first-order valence-corrected chi connectivity index (χ1v) is 9.07. The average Bonchev–Trinajstić information content (AvgIpc) is 3.04. The van der Waals surface area contributed by atoms with E-state index in [0.717, 1.165) is 33.8 Å². The fraction of sp³-hybridized carbons (Fsp3) is 0. The minimum atomic E-state index is -1.18. The van der Waals surface area contributed by atoms with Crippen LogP contribution in [0.5, 0.6) is 0 Å². The van der Waals surface area contributed by atoms with Crippen LogP contribution in [0.4, 0.5) is 0 Å². The molecule has 116 valence electrons. The predicted octanol–water partition coefficient (Wildman–Crippen LogP) is 4.46. The van der Waals surface area contributed by atoms with E-state index in [4.69, 9.17) is 4.98 Å². The van der Waals surface area contributed by atoms with Crippen LogP contribution in [-0.4, -0.2) is 15.3 Å². The van der Waals surface area contributed by atoms with Gasteiger partial charge >= 0.3 is 0 Å². The summed E-state index contributed by atoms with van der Waals surface area (Å²) in [6.45, 7) is 0. The van der Waals surface area contributed by atoms with Crippen LogP contribution in [0, 0.1) is 0 Å². The van der Waals surface area contributed by atoms with Gasteiger partial charge in [-0.15, -0.1) is 0 Å². The fourth-order valence-electron chi connectivity index (χ4n) is 2.81. The van der Waals surface area contributed by atoms with Crippen molar-refractivity contribution in [3.63, 3.8) is 0 Å². The summed E-state index contributed by atoms with van der Waals surface area (Å²) in [6.07, 6.45) is 0. The van der Waals surface area contributed by atoms with E-state index in [9.17, 15) is 4.79 Å². The Morgan fingerprint density at radius 1 is 0.792 bits per heavy atom. The van der Waals surface area contributed by atoms with Crippen LogP contribution in [0.15, 0.2) is 84.9 Å². The second-order valence-electron chi connectivity index (χ2n) is 5.39. The Morgan fingerprint density at radius 2 is 1.42 bits per heavy atom. The Balaban J connectivity index is 2.01. The minimum absolute atomic E-state index is 0.832. The molecule has 3 nitrogen and oxygen atoms in total. The lowest BCUT2D eigenvalue weighted by molar-refractivity contribution is 0.569. The summed E-state index contributed by atoms with van der Waals surface area (Å²) in [6, 6.07) is 28.9. The smallest absolute Gasteiger partial charge is 0.167 e. The Bertz CT molecular complexity index is 980. The Hall–Kier alpha value is -2.77. The third kappa shape index (κ3) is 2.53.